The van der Waals surface area contributed by atoms with E-state index in [1.807, 2.05) is 49.4 Å². The molecule has 0 spiro atoms. The minimum atomic E-state index is -0.239. The number of pyridine rings is 1. The highest BCUT2D eigenvalue weighted by molar-refractivity contribution is 6.31. The van der Waals surface area contributed by atoms with Gasteiger partial charge in [0.15, 0.2) is 0 Å². The zero-order chi connectivity index (χ0) is 23.4. The molecular weight excluding hydrogens is 440 g/mol. The lowest BCUT2D eigenvalue weighted by molar-refractivity contribution is -0.116. The third-order valence-corrected chi connectivity index (χ3v) is 5.87. The first-order valence-corrected chi connectivity index (χ1v) is 11.3. The standard InChI is InChI=1S/C25H25ClN4O3/c1-2-14-29-21-9-5-6-10-22(21)30(25(29)33)15-13-23(31)27-19-11-12-24(32)28(17-19)16-18-7-3-4-8-20(18)26/h3-12,17H,2,13-16H2,1H3,(H,27,31). The van der Waals surface area contributed by atoms with Crippen molar-refractivity contribution in [3.63, 3.8) is 0 Å². The summed E-state index contributed by atoms with van der Waals surface area (Å²) in [6.45, 7) is 3.22. The van der Waals surface area contributed by atoms with E-state index in [0.717, 1.165) is 23.0 Å². The van der Waals surface area contributed by atoms with Crippen molar-refractivity contribution in [2.45, 2.75) is 39.4 Å². The number of halogens is 1. The van der Waals surface area contributed by atoms with Crippen LogP contribution >= 0.6 is 11.6 Å². The number of hydrogen-bond acceptors (Lipinski definition) is 3. The Balaban J connectivity index is 1.48. The molecule has 0 atom stereocenters. The lowest BCUT2D eigenvalue weighted by Crippen LogP contribution is -2.26. The fourth-order valence-corrected chi connectivity index (χ4v) is 4.10. The normalized spacial score (nSPS) is 11.1. The predicted molar refractivity (Wildman–Crippen MR) is 131 cm³/mol. The van der Waals surface area contributed by atoms with E-state index in [-0.39, 0.29) is 30.1 Å². The molecule has 0 bridgehead atoms. The summed E-state index contributed by atoms with van der Waals surface area (Å²) < 4.78 is 4.89. The van der Waals surface area contributed by atoms with Crippen LogP contribution in [0.5, 0.6) is 0 Å². The molecule has 7 nitrogen and oxygen atoms in total. The molecule has 4 rings (SSSR count). The molecule has 8 heteroatoms. The smallest absolute Gasteiger partial charge is 0.325 e. The maximum Gasteiger partial charge on any atom is 0.329 e. The Morgan fingerprint density at radius 3 is 2.27 bits per heavy atom. The number of nitrogens with one attached hydrogen (secondary N) is 1. The number of aryl methyl sites for hydroxylation is 2. The van der Waals surface area contributed by atoms with Gasteiger partial charge in [-0.3, -0.25) is 18.7 Å². The highest BCUT2D eigenvalue weighted by atomic mass is 35.5. The number of amides is 1. The van der Waals surface area contributed by atoms with E-state index in [1.165, 1.54) is 10.6 Å². The van der Waals surface area contributed by atoms with Crippen LogP contribution < -0.4 is 16.6 Å². The SMILES string of the molecule is CCCn1c(=O)n(CCC(=O)Nc2ccc(=O)n(Cc3ccccc3Cl)c2)c2ccccc21. The molecule has 170 valence electrons. The maximum atomic E-state index is 12.9. The van der Waals surface area contributed by atoms with Gasteiger partial charge in [-0.2, -0.15) is 0 Å². The molecule has 0 aliphatic carbocycles. The van der Waals surface area contributed by atoms with Gasteiger partial charge in [-0.15, -0.1) is 0 Å². The van der Waals surface area contributed by atoms with Gasteiger partial charge in [0.05, 0.1) is 23.3 Å². The summed E-state index contributed by atoms with van der Waals surface area (Å²) in [6.07, 6.45) is 2.57. The maximum absolute atomic E-state index is 12.9. The molecule has 0 saturated carbocycles. The van der Waals surface area contributed by atoms with E-state index in [2.05, 4.69) is 5.32 Å². The van der Waals surface area contributed by atoms with Crippen molar-refractivity contribution in [3.8, 4) is 0 Å². The second-order valence-electron chi connectivity index (χ2n) is 7.85. The number of rotatable bonds is 8. The van der Waals surface area contributed by atoms with Crippen molar-refractivity contribution in [2.24, 2.45) is 0 Å². The first kappa shape index (κ1) is 22.6. The average Bonchev–Trinajstić information content (AvgIpc) is 3.07. The van der Waals surface area contributed by atoms with Crippen LogP contribution in [-0.2, 0) is 24.4 Å². The Morgan fingerprint density at radius 2 is 1.58 bits per heavy atom. The summed E-state index contributed by atoms with van der Waals surface area (Å²) >= 11 is 6.21. The molecule has 0 aliphatic rings. The molecule has 0 unspecified atom stereocenters. The summed E-state index contributed by atoms with van der Waals surface area (Å²) in [5, 5.41) is 3.40. The van der Waals surface area contributed by atoms with Crippen LogP contribution in [0.1, 0.15) is 25.3 Å². The van der Waals surface area contributed by atoms with Gasteiger partial charge in [0.2, 0.25) is 5.91 Å². The molecule has 0 saturated heterocycles. The van der Waals surface area contributed by atoms with E-state index >= 15 is 0 Å². The number of benzene rings is 2. The lowest BCUT2D eigenvalue weighted by Gasteiger charge is -2.11. The van der Waals surface area contributed by atoms with Crippen LogP contribution in [0.2, 0.25) is 5.02 Å². The summed E-state index contributed by atoms with van der Waals surface area (Å²) in [4.78, 5) is 37.8. The Kier molecular flexibility index (Phi) is 6.79. The first-order chi connectivity index (χ1) is 16.0. The third kappa shape index (κ3) is 4.93. The van der Waals surface area contributed by atoms with Gasteiger partial charge in [-0.05, 0) is 36.2 Å². The van der Waals surface area contributed by atoms with Crippen molar-refractivity contribution in [1.82, 2.24) is 13.7 Å². The van der Waals surface area contributed by atoms with E-state index in [9.17, 15) is 14.4 Å². The number of aromatic nitrogens is 3. The Labute approximate surface area is 195 Å². The fourth-order valence-electron chi connectivity index (χ4n) is 3.90. The Morgan fingerprint density at radius 1 is 0.909 bits per heavy atom. The number of nitrogens with zero attached hydrogens (tertiary/aromatic N) is 3. The number of hydrogen-bond donors (Lipinski definition) is 1. The molecule has 1 amide bonds. The zero-order valence-electron chi connectivity index (χ0n) is 18.3. The quantitative estimate of drug-likeness (QED) is 0.426. The molecule has 0 fully saturated rings. The molecule has 2 heterocycles. The molecule has 0 radical (unpaired) electrons. The average molecular weight is 465 g/mol. The van der Waals surface area contributed by atoms with Crippen LogP contribution in [0.4, 0.5) is 5.69 Å². The summed E-state index contributed by atoms with van der Waals surface area (Å²) in [5.41, 5.74) is 2.70. The van der Waals surface area contributed by atoms with Crippen LogP contribution in [0, 0.1) is 0 Å². The zero-order valence-corrected chi connectivity index (χ0v) is 19.1. The Hall–Kier alpha value is -3.58. The minimum Gasteiger partial charge on any atom is -0.325 e. The molecular formula is C25H25ClN4O3. The van der Waals surface area contributed by atoms with E-state index in [1.54, 1.807) is 27.5 Å². The third-order valence-electron chi connectivity index (χ3n) is 5.50. The van der Waals surface area contributed by atoms with Gasteiger partial charge >= 0.3 is 5.69 Å². The van der Waals surface area contributed by atoms with E-state index in [4.69, 9.17) is 11.6 Å². The largest absolute Gasteiger partial charge is 0.329 e. The number of carbonyl (C=O) groups excluding carboxylic acids is 1. The molecule has 2 aromatic carbocycles. The van der Waals surface area contributed by atoms with Gasteiger partial charge in [-0.1, -0.05) is 48.9 Å². The number of para-hydroxylation sites is 2. The topological polar surface area (TPSA) is 78.0 Å². The van der Waals surface area contributed by atoms with Crippen molar-refractivity contribution in [2.75, 3.05) is 5.32 Å². The number of fused-ring (bicyclic) bond motifs is 1. The molecule has 4 aromatic rings. The van der Waals surface area contributed by atoms with Crippen molar-refractivity contribution in [1.29, 1.82) is 0 Å². The number of anilines is 1. The highest BCUT2D eigenvalue weighted by Gasteiger charge is 2.14. The highest BCUT2D eigenvalue weighted by Crippen LogP contribution is 2.17. The molecule has 33 heavy (non-hydrogen) atoms. The van der Waals surface area contributed by atoms with Crippen molar-refractivity contribution in [3.05, 3.63) is 98.3 Å². The second-order valence-corrected chi connectivity index (χ2v) is 8.26. The van der Waals surface area contributed by atoms with Gasteiger partial charge in [0.1, 0.15) is 0 Å². The second kappa shape index (κ2) is 9.92. The lowest BCUT2D eigenvalue weighted by atomic mass is 10.2. The van der Waals surface area contributed by atoms with E-state index in [0.29, 0.717) is 23.8 Å². The van der Waals surface area contributed by atoms with Gasteiger partial charge in [-0.25, -0.2) is 4.79 Å². The summed E-state index contributed by atoms with van der Waals surface area (Å²) in [5.74, 6) is -0.239. The Bertz CT molecular complexity index is 1420. The monoisotopic (exact) mass is 464 g/mol. The van der Waals surface area contributed by atoms with E-state index < -0.39 is 0 Å². The van der Waals surface area contributed by atoms with Crippen molar-refractivity contribution >= 4 is 34.2 Å². The summed E-state index contributed by atoms with van der Waals surface area (Å²) in [6, 6.07) is 17.9. The molecule has 2 aromatic heterocycles. The van der Waals surface area contributed by atoms with Crippen LogP contribution in [0.15, 0.2) is 76.4 Å². The fraction of sp³-hybridized carbons (Fsp3) is 0.240. The van der Waals surface area contributed by atoms with Crippen LogP contribution in [-0.4, -0.2) is 19.6 Å². The van der Waals surface area contributed by atoms with Crippen LogP contribution in [0.3, 0.4) is 0 Å². The molecule has 1 N–H and O–H groups in total. The van der Waals surface area contributed by atoms with Gasteiger partial charge in [0.25, 0.3) is 5.56 Å². The predicted octanol–water partition coefficient (Wildman–Crippen LogP) is 4.11. The minimum absolute atomic E-state index is 0.112. The number of carbonyl (C=O) groups is 1. The van der Waals surface area contributed by atoms with Crippen LogP contribution in [0.25, 0.3) is 11.0 Å². The van der Waals surface area contributed by atoms with Gasteiger partial charge in [0, 0.05) is 36.8 Å². The molecule has 0 aliphatic heterocycles. The first-order valence-electron chi connectivity index (χ1n) is 10.9. The van der Waals surface area contributed by atoms with Crippen molar-refractivity contribution < 1.29 is 4.79 Å². The van der Waals surface area contributed by atoms with Gasteiger partial charge < -0.3 is 9.88 Å². The number of imidazole rings is 1. The summed E-state index contributed by atoms with van der Waals surface area (Å²) in [7, 11) is 0.